The van der Waals surface area contributed by atoms with Gasteiger partial charge in [-0.1, -0.05) is 23.7 Å². The molecule has 0 saturated carbocycles. The number of nitrogens with zero attached hydrogens (tertiary/aromatic N) is 3. The summed E-state index contributed by atoms with van der Waals surface area (Å²) in [5, 5.41) is 14.2. The third-order valence-electron chi connectivity index (χ3n) is 4.96. The van der Waals surface area contributed by atoms with Gasteiger partial charge in [0, 0.05) is 22.7 Å². The Bertz CT molecular complexity index is 1230. The molecule has 0 bridgehead atoms. The first-order valence-electron chi connectivity index (χ1n) is 9.83. The van der Waals surface area contributed by atoms with Crippen LogP contribution in [0.4, 0.5) is 0 Å². The first-order valence-corrected chi connectivity index (χ1v) is 10.2. The van der Waals surface area contributed by atoms with Crippen molar-refractivity contribution in [2.45, 2.75) is 6.54 Å². The van der Waals surface area contributed by atoms with E-state index in [1.165, 1.54) is 0 Å². The van der Waals surface area contributed by atoms with Crippen LogP contribution >= 0.6 is 11.6 Å². The maximum absolute atomic E-state index is 13.4. The predicted octanol–water partition coefficient (Wildman–Crippen LogP) is 3.50. The van der Waals surface area contributed by atoms with E-state index < -0.39 is 0 Å². The summed E-state index contributed by atoms with van der Waals surface area (Å²) in [4.78, 5) is 13.4. The van der Waals surface area contributed by atoms with E-state index in [4.69, 9.17) is 26.2 Å². The van der Waals surface area contributed by atoms with Gasteiger partial charge in [0.15, 0.2) is 0 Å². The minimum absolute atomic E-state index is 0.0631. The standard InChI is InChI=1S/C23H22ClN3O4/c1-30-19-8-4-17(5-9-19)22-15-27-21(23(29)26(22)10-12-31-13-11-28)14-20(25-27)16-2-6-18(24)7-3-16/h2-9,14-15,28H,10-13H2,1H3. The molecule has 0 aliphatic heterocycles. The fourth-order valence-electron chi connectivity index (χ4n) is 3.38. The molecule has 7 nitrogen and oxygen atoms in total. The van der Waals surface area contributed by atoms with Crippen LogP contribution in [-0.2, 0) is 11.3 Å². The van der Waals surface area contributed by atoms with Crippen molar-refractivity contribution in [1.82, 2.24) is 14.2 Å². The van der Waals surface area contributed by atoms with Crippen LogP contribution in [0, 0.1) is 0 Å². The molecule has 0 amide bonds. The molecule has 2 aromatic heterocycles. The van der Waals surface area contributed by atoms with Crippen LogP contribution in [-0.4, -0.2) is 46.2 Å². The average molecular weight is 440 g/mol. The van der Waals surface area contributed by atoms with Crippen LogP contribution in [0.25, 0.3) is 28.0 Å². The van der Waals surface area contributed by atoms with Crippen LogP contribution in [0.3, 0.4) is 0 Å². The van der Waals surface area contributed by atoms with E-state index >= 15 is 0 Å². The van der Waals surface area contributed by atoms with Gasteiger partial charge in [0.2, 0.25) is 0 Å². The van der Waals surface area contributed by atoms with Gasteiger partial charge in [0.25, 0.3) is 5.56 Å². The van der Waals surface area contributed by atoms with E-state index in [1.54, 1.807) is 34.4 Å². The number of aliphatic hydroxyl groups excluding tert-OH is 1. The smallest absolute Gasteiger partial charge is 0.277 e. The number of aromatic nitrogens is 3. The highest BCUT2D eigenvalue weighted by molar-refractivity contribution is 6.30. The second-order valence-corrected chi connectivity index (χ2v) is 7.34. The van der Waals surface area contributed by atoms with Gasteiger partial charge < -0.3 is 19.1 Å². The monoisotopic (exact) mass is 439 g/mol. The van der Waals surface area contributed by atoms with Gasteiger partial charge in [0.05, 0.1) is 44.5 Å². The molecule has 4 aromatic rings. The third-order valence-corrected chi connectivity index (χ3v) is 5.21. The fraction of sp³-hybridized carbons (Fsp3) is 0.217. The van der Waals surface area contributed by atoms with E-state index in [9.17, 15) is 4.79 Å². The Morgan fingerprint density at radius 1 is 1.03 bits per heavy atom. The van der Waals surface area contributed by atoms with Crippen LogP contribution in [0.5, 0.6) is 5.75 Å². The Balaban J connectivity index is 1.82. The summed E-state index contributed by atoms with van der Waals surface area (Å²) in [6, 6.07) is 16.6. The SMILES string of the molecule is COc1ccc(-c2cn3nc(-c4ccc(Cl)cc4)cc3c(=O)n2CCOCCO)cc1. The minimum atomic E-state index is -0.173. The summed E-state index contributed by atoms with van der Waals surface area (Å²) in [5.41, 5.74) is 3.40. The minimum Gasteiger partial charge on any atom is -0.497 e. The number of methoxy groups -OCH3 is 1. The molecule has 0 atom stereocenters. The number of aliphatic hydroxyl groups is 1. The molecule has 8 heteroatoms. The molecule has 160 valence electrons. The normalized spacial score (nSPS) is 11.2. The molecule has 0 unspecified atom stereocenters. The van der Waals surface area contributed by atoms with Crippen molar-refractivity contribution in [2.24, 2.45) is 0 Å². The first-order chi connectivity index (χ1) is 15.1. The zero-order valence-corrected chi connectivity index (χ0v) is 17.7. The number of halogens is 1. The highest BCUT2D eigenvalue weighted by Crippen LogP contribution is 2.24. The van der Waals surface area contributed by atoms with Crippen molar-refractivity contribution in [3.63, 3.8) is 0 Å². The molecule has 0 spiro atoms. The molecule has 2 aromatic carbocycles. The average Bonchev–Trinajstić information content (AvgIpc) is 3.23. The summed E-state index contributed by atoms with van der Waals surface area (Å²) < 4.78 is 13.9. The molecule has 4 rings (SSSR count). The molecule has 1 N–H and O–H groups in total. The number of rotatable bonds is 8. The zero-order chi connectivity index (χ0) is 21.8. The molecule has 0 saturated heterocycles. The Morgan fingerprint density at radius 3 is 2.42 bits per heavy atom. The summed E-state index contributed by atoms with van der Waals surface area (Å²) in [6.45, 7) is 0.810. The molecular weight excluding hydrogens is 418 g/mol. The maximum Gasteiger partial charge on any atom is 0.277 e. The fourth-order valence-corrected chi connectivity index (χ4v) is 3.51. The van der Waals surface area contributed by atoms with Gasteiger partial charge in [-0.3, -0.25) is 4.79 Å². The van der Waals surface area contributed by atoms with Crippen LogP contribution in [0.15, 0.2) is 65.6 Å². The van der Waals surface area contributed by atoms with E-state index in [-0.39, 0.29) is 18.8 Å². The van der Waals surface area contributed by atoms with E-state index in [2.05, 4.69) is 5.10 Å². The van der Waals surface area contributed by atoms with Gasteiger partial charge in [-0.05, 0) is 42.5 Å². The van der Waals surface area contributed by atoms with E-state index in [1.807, 2.05) is 42.6 Å². The Hall–Kier alpha value is -3.13. The molecular formula is C23H22ClN3O4. The van der Waals surface area contributed by atoms with Crippen molar-refractivity contribution in [1.29, 1.82) is 0 Å². The van der Waals surface area contributed by atoms with Crippen molar-refractivity contribution in [3.05, 3.63) is 76.2 Å². The highest BCUT2D eigenvalue weighted by atomic mass is 35.5. The molecule has 0 aliphatic carbocycles. The number of benzene rings is 2. The van der Waals surface area contributed by atoms with E-state index in [0.717, 1.165) is 16.9 Å². The van der Waals surface area contributed by atoms with Crippen LogP contribution < -0.4 is 10.3 Å². The molecule has 0 aliphatic rings. The van der Waals surface area contributed by atoms with Gasteiger partial charge >= 0.3 is 0 Å². The number of hydrogen-bond donors (Lipinski definition) is 1. The Morgan fingerprint density at radius 2 is 1.74 bits per heavy atom. The summed E-state index contributed by atoms with van der Waals surface area (Å²) in [6.07, 6.45) is 1.84. The van der Waals surface area contributed by atoms with Crippen molar-refractivity contribution in [3.8, 4) is 28.3 Å². The summed E-state index contributed by atoms with van der Waals surface area (Å²) in [5.74, 6) is 0.731. The lowest BCUT2D eigenvalue weighted by Gasteiger charge is -2.14. The van der Waals surface area contributed by atoms with Crippen LogP contribution in [0.1, 0.15) is 0 Å². The lowest BCUT2D eigenvalue weighted by Crippen LogP contribution is -2.26. The quantitative estimate of drug-likeness (QED) is 0.425. The maximum atomic E-state index is 13.4. The topological polar surface area (TPSA) is 78.0 Å². The van der Waals surface area contributed by atoms with E-state index in [0.29, 0.717) is 35.1 Å². The second kappa shape index (κ2) is 9.34. The molecule has 0 fully saturated rings. The number of fused-ring (bicyclic) bond motifs is 1. The molecule has 0 radical (unpaired) electrons. The molecule has 31 heavy (non-hydrogen) atoms. The number of ether oxygens (including phenoxy) is 2. The lowest BCUT2D eigenvalue weighted by molar-refractivity contribution is 0.0868. The predicted molar refractivity (Wildman–Crippen MR) is 120 cm³/mol. The lowest BCUT2D eigenvalue weighted by atomic mass is 10.1. The number of hydrogen-bond acceptors (Lipinski definition) is 5. The van der Waals surface area contributed by atoms with Gasteiger partial charge in [0.1, 0.15) is 11.3 Å². The van der Waals surface area contributed by atoms with Crippen LogP contribution in [0.2, 0.25) is 5.02 Å². The second-order valence-electron chi connectivity index (χ2n) is 6.90. The Kier molecular flexibility index (Phi) is 6.36. The Labute approximate surface area is 184 Å². The van der Waals surface area contributed by atoms with Crippen molar-refractivity contribution in [2.75, 3.05) is 26.9 Å². The largest absolute Gasteiger partial charge is 0.497 e. The van der Waals surface area contributed by atoms with Gasteiger partial charge in [-0.2, -0.15) is 5.10 Å². The molecule has 2 heterocycles. The third kappa shape index (κ3) is 4.49. The highest BCUT2D eigenvalue weighted by Gasteiger charge is 2.15. The zero-order valence-electron chi connectivity index (χ0n) is 17.0. The summed E-state index contributed by atoms with van der Waals surface area (Å²) in [7, 11) is 1.61. The van der Waals surface area contributed by atoms with Gasteiger partial charge in [-0.25, -0.2) is 4.52 Å². The van der Waals surface area contributed by atoms with Crippen molar-refractivity contribution >= 4 is 17.1 Å². The van der Waals surface area contributed by atoms with Gasteiger partial charge in [-0.15, -0.1) is 0 Å². The first kappa shape index (κ1) is 21.1. The summed E-state index contributed by atoms with van der Waals surface area (Å²) >= 11 is 5.99. The van der Waals surface area contributed by atoms with Crippen molar-refractivity contribution < 1.29 is 14.6 Å².